The van der Waals surface area contributed by atoms with Crippen molar-refractivity contribution in [1.29, 1.82) is 0 Å². The molecule has 2 heterocycles. The van der Waals surface area contributed by atoms with E-state index in [4.69, 9.17) is 4.74 Å². The lowest BCUT2D eigenvalue weighted by Crippen LogP contribution is -2.57. The zero-order valence-electron chi connectivity index (χ0n) is 15.2. The van der Waals surface area contributed by atoms with Crippen LogP contribution in [0.4, 0.5) is 0 Å². The summed E-state index contributed by atoms with van der Waals surface area (Å²) in [4.78, 5) is 15.7. The minimum Gasteiger partial charge on any atom is -0.353 e. The fraction of sp³-hybridized carbons (Fsp3) is 0.500. The van der Waals surface area contributed by atoms with Crippen LogP contribution in [0.1, 0.15) is 57.1 Å². The van der Waals surface area contributed by atoms with Gasteiger partial charge in [-0.15, -0.1) is 13.2 Å². The second-order valence-corrected chi connectivity index (χ2v) is 7.54. The Labute approximate surface area is 151 Å². The van der Waals surface area contributed by atoms with E-state index in [2.05, 4.69) is 32.2 Å². The van der Waals surface area contributed by atoms with Gasteiger partial charge in [0.05, 0.1) is 18.1 Å². The van der Waals surface area contributed by atoms with Crippen molar-refractivity contribution in [2.24, 2.45) is 5.41 Å². The number of piperidine rings is 1. The highest BCUT2D eigenvalue weighted by atomic mass is 16.5. The summed E-state index contributed by atoms with van der Waals surface area (Å²) in [6.07, 6.45) is 9.14. The number of carbonyl (C=O) groups is 1. The Morgan fingerprint density at radius 2 is 2.00 bits per heavy atom. The maximum absolute atomic E-state index is 13.7. The number of ether oxygens (including phenoxy) is 1. The maximum Gasteiger partial charge on any atom is 0.231 e. The molecule has 0 spiro atoms. The van der Waals surface area contributed by atoms with Crippen molar-refractivity contribution in [3.05, 3.63) is 61.2 Å². The second-order valence-electron chi connectivity index (χ2n) is 7.54. The molecule has 1 aromatic rings. The predicted octanol–water partition coefficient (Wildman–Crippen LogP) is 5.02. The smallest absolute Gasteiger partial charge is 0.231 e. The zero-order chi connectivity index (χ0) is 17.9. The van der Waals surface area contributed by atoms with Gasteiger partial charge in [0.1, 0.15) is 5.72 Å². The molecule has 0 bridgehead atoms. The number of benzene rings is 1. The summed E-state index contributed by atoms with van der Waals surface area (Å²) in [6.45, 7) is 10.4. The van der Waals surface area contributed by atoms with Gasteiger partial charge >= 0.3 is 0 Å². The van der Waals surface area contributed by atoms with Crippen molar-refractivity contribution >= 4 is 5.91 Å². The molecule has 0 unspecified atom stereocenters. The molecule has 2 fully saturated rings. The monoisotopic (exact) mass is 339 g/mol. The molecule has 3 rings (SSSR count). The summed E-state index contributed by atoms with van der Waals surface area (Å²) in [7, 11) is 0. The Morgan fingerprint density at radius 1 is 1.24 bits per heavy atom. The van der Waals surface area contributed by atoms with Crippen LogP contribution in [-0.2, 0) is 9.53 Å². The van der Waals surface area contributed by atoms with Crippen LogP contribution in [0.15, 0.2) is 55.6 Å². The summed E-state index contributed by atoms with van der Waals surface area (Å²) < 4.78 is 6.14. The van der Waals surface area contributed by atoms with Gasteiger partial charge in [0.2, 0.25) is 5.91 Å². The van der Waals surface area contributed by atoms with Crippen molar-refractivity contribution in [2.75, 3.05) is 6.61 Å². The molecule has 2 saturated heterocycles. The molecule has 0 aromatic heterocycles. The lowest BCUT2D eigenvalue weighted by molar-refractivity contribution is -0.174. The lowest BCUT2D eigenvalue weighted by atomic mass is 9.70. The molecular formula is C22H29NO2. The van der Waals surface area contributed by atoms with Gasteiger partial charge in [0.25, 0.3) is 0 Å². The Hall–Kier alpha value is -1.87. The van der Waals surface area contributed by atoms with Crippen LogP contribution in [-0.4, -0.2) is 23.1 Å². The molecule has 0 aliphatic carbocycles. The van der Waals surface area contributed by atoms with Gasteiger partial charge in [-0.1, -0.05) is 42.5 Å². The summed E-state index contributed by atoms with van der Waals surface area (Å²) in [5.41, 5.74) is 0.325. The minimum absolute atomic E-state index is 0.00240. The highest BCUT2D eigenvalue weighted by Gasteiger charge is 2.57. The highest BCUT2D eigenvalue weighted by Crippen LogP contribution is 2.51. The van der Waals surface area contributed by atoms with Crippen LogP contribution in [0.5, 0.6) is 0 Å². The molecule has 25 heavy (non-hydrogen) atoms. The minimum atomic E-state index is -0.485. The van der Waals surface area contributed by atoms with Gasteiger partial charge in [0.15, 0.2) is 0 Å². The number of hydrogen-bond acceptors (Lipinski definition) is 2. The van der Waals surface area contributed by atoms with E-state index in [1.165, 1.54) is 0 Å². The molecule has 2 aliphatic heterocycles. The number of nitrogens with zero attached hydrogens (tertiary/aromatic N) is 1. The van der Waals surface area contributed by atoms with Gasteiger partial charge in [-0.05, 0) is 51.0 Å². The fourth-order valence-corrected chi connectivity index (χ4v) is 4.42. The van der Waals surface area contributed by atoms with Crippen molar-refractivity contribution in [3.63, 3.8) is 0 Å². The first-order valence-electron chi connectivity index (χ1n) is 9.31. The normalized spacial score (nSPS) is 31.6. The molecular weight excluding hydrogens is 310 g/mol. The van der Waals surface area contributed by atoms with Crippen molar-refractivity contribution < 1.29 is 9.53 Å². The van der Waals surface area contributed by atoms with Crippen LogP contribution in [0.3, 0.4) is 0 Å². The van der Waals surface area contributed by atoms with Gasteiger partial charge in [-0.25, -0.2) is 0 Å². The van der Waals surface area contributed by atoms with Crippen molar-refractivity contribution in [3.8, 4) is 0 Å². The van der Waals surface area contributed by atoms with E-state index < -0.39 is 5.72 Å². The molecule has 3 heteroatoms. The average molecular weight is 339 g/mol. The van der Waals surface area contributed by atoms with E-state index in [-0.39, 0.29) is 17.4 Å². The summed E-state index contributed by atoms with van der Waals surface area (Å²) in [5.74, 6) is 0.233. The van der Waals surface area contributed by atoms with Crippen LogP contribution in [0.25, 0.3) is 0 Å². The van der Waals surface area contributed by atoms with E-state index in [0.717, 1.165) is 44.1 Å². The third-order valence-electron chi connectivity index (χ3n) is 5.90. The fourth-order valence-electron chi connectivity index (χ4n) is 4.42. The third-order valence-corrected chi connectivity index (χ3v) is 5.90. The Balaban J connectivity index is 1.92. The average Bonchev–Trinajstić information content (AvgIpc) is 2.98. The largest absolute Gasteiger partial charge is 0.353 e. The predicted molar refractivity (Wildman–Crippen MR) is 101 cm³/mol. The number of amides is 1. The van der Waals surface area contributed by atoms with E-state index in [1.54, 1.807) is 0 Å². The van der Waals surface area contributed by atoms with E-state index in [9.17, 15) is 4.79 Å². The first-order chi connectivity index (χ1) is 12.1. The Morgan fingerprint density at radius 3 is 2.68 bits per heavy atom. The lowest BCUT2D eigenvalue weighted by Gasteiger charge is -2.49. The Kier molecular flexibility index (Phi) is 5.14. The number of carbonyl (C=O) groups excluding carboxylic acids is 1. The van der Waals surface area contributed by atoms with Crippen LogP contribution in [0.2, 0.25) is 0 Å². The molecule has 0 saturated carbocycles. The molecule has 1 amide bonds. The second kappa shape index (κ2) is 7.17. The van der Waals surface area contributed by atoms with Gasteiger partial charge in [-0.3, -0.25) is 4.79 Å². The molecule has 0 N–H and O–H groups in total. The molecule has 1 aromatic carbocycles. The first-order valence-corrected chi connectivity index (χ1v) is 9.31. The standard InChI is InChI=1S/C22H29NO2/c1-4-6-10-14-22(13-5-2)16-15-21(3)23(20(22)24)19(17-25-21)18-11-8-7-9-12-18/h4-5,7-9,11-12,19H,1-2,6,10,13-17H2,3H3/t19-,21-,22+/m1/s1. The van der Waals surface area contributed by atoms with Crippen LogP contribution < -0.4 is 0 Å². The SMILES string of the molecule is C=CCCC[C@@]1(CC=C)CC[C@@]2(C)OC[C@H](c3ccccc3)N2C1=O. The van der Waals surface area contributed by atoms with Crippen LogP contribution >= 0.6 is 0 Å². The summed E-state index contributed by atoms with van der Waals surface area (Å²) in [6, 6.07) is 10.3. The first kappa shape index (κ1) is 17.9. The number of hydrogen-bond donors (Lipinski definition) is 0. The molecule has 2 aliphatic rings. The quantitative estimate of drug-likeness (QED) is 0.516. The number of unbranched alkanes of at least 4 members (excludes halogenated alkanes) is 1. The Bertz CT molecular complexity index is 641. The molecule has 3 nitrogen and oxygen atoms in total. The maximum atomic E-state index is 13.7. The van der Waals surface area contributed by atoms with Gasteiger partial charge in [-0.2, -0.15) is 0 Å². The topological polar surface area (TPSA) is 29.5 Å². The number of rotatable bonds is 7. The van der Waals surface area contributed by atoms with Crippen molar-refractivity contribution in [1.82, 2.24) is 4.90 Å². The molecule has 134 valence electrons. The van der Waals surface area contributed by atoms with E-state index in [1.807, 2.05) is 35.3 Å². The van der Waals surface area contributed by atoms with E-state index in [0.29, 0.717) is 6.61 Å². The van der Waals surface area contributed by atoms with Crippen molar-refractivity contribution in [2.45, 2.75) is 57.2 Å². The number of fused-ring (bicyclic) bond motifs is 1. The van der Waals surface area contributed by atoms with E-state index >= 15 is 0 Å². The zero-order valence-corrected chi connectivity index (χ0v) is 15.2. The summed E-state index contributed by atoms with van der Waals surface area (Å²) in [5, 5.41) is 0. The number of allylic oxidation sites excluding steroid dienone is 2. The third kappa shape index (κ3) is 3.18. The molecule has 3 atom stereocenters. The highest BCUT2D eigenvalue weighted by molar-refractivity contribution is 5.85. The van der Waals surface area contributed by atoms with Gasteiger partial charge in [0, 0.05) is 0 Å². The van der Waals surface area contributed by atoms with Gasteiger partial charge < -0.3 is 9.64 Å². The molecule has 0 radical (unpaired) electrons. The summed E-state index contributed by atoms with van der Waals surface area (Å²) >= 11 is 0. The van der Waals surface area contributed by atoms with Crippen LogP contribution in [0, 0.1) is 5.41 Å².